The number of benzene rings is 1. The average molecular weight is 363 g/mol. The SMILES string of the molecule is CC(CCC(C)(C)C)c1noc2cc(Nc3n[nH]c4cccnc34)ccc12. The first-order valence-corrected chi connectivity index (χ1v) is 9.36. The number of rotatable bonds is 5. The molecular weight excluding hydrogens is 338 g/mol. The lowest BCUT2D eigenvalue weighted by Crippen LogP contribution is -2.07. The van der Waals surface area contributed by atoms with Crippen LogP contribution in [0.5, 0.6) is 0 Å². The summed E-state index contributed by atoms with van der Waals surface area (Å²) in [4.78, 5) is 4.38. The van der Waals surface area contributed by atoms with E-state index in [4.69, 9.17) is 4.52 Å². The molecule has 0 amide bonds. The standard InChI is InChI=1S/C21H25N5O/c1-13(9-10-21(2,3)4)18-15-8-7-14(12-17(15)27-26-18)23-20-19-16(24-25-20)6-5-11-22-19/h5-8,11-13H,9-10H2,1-4H3,(H2,23,24,25). The van der Waals surface area contributed by atoms with Gasteiger partial charge in [-0.2, -0.15) is 5.10 Å². The van der Waals surface area contributed by atoms with Crippen molar-refractivity contribution in [1.82, 2.24) is 20.3 Å². The second kappa shape index (κ2) is 6.68. The van der Waals surface area contributed by atoms with Crippen molar-refractivity contribution in [1.29, 1.82) is 0 Å². The van der Waals surface area contributed by atoms with Crippen molar-refractivity contribution in [2.45, 2.75) is 46.5 Å². The topological polar surface area (TPSA) is 79.6 Å². The Hall–Kier alpha value is -2.89. The van der Waals surface area contributed by atoms with Gasteiger partial charge in [0, 0.05) is 29.3 Å². The highest BCUT2D eigenvalue weighted by Crippen LogP contribution is 2.33. The number of hydrogen-bond acceptors (Lipinski definition) is 5. The number of anilines is 2. The van der Waals surface area contributed by atoms with E-state index < -0.39 is 0 Å². The molecule has 0 aliphatic rings. The molecule has 2 N–H and O–H groups in total. The zero-order valence-electron chi connectivity index (χ0n) is 16.2. The summed E-state index contributed by atoms with van der Waals surface area (Å²) in [6.07, 6.45) is 4.01. The molecule has 0 saturated heterocycles. The molecule has 0 radical (unpaired) electrons. The van der Waals surface area contributed by atoms with Gasteiger partial charge in [-0.3, -0.25) is 10.1 Å². The molecule has 3 aromatic heterocycles. The van der Waals surface area contributed by atoms with E-state index in [1.807, 2.05) is 24.3 Å². The van der Waals surface area contributed by atoms with Gasteiger partial charge in [-0.25, -0.2) is 0 Å². The first-order chi connectivity index (χ1) is 12.9. The molecular formula is C21H25N5O. The van der Waals surface area contributed by atoms with Crippen LogP contribution in [-0.2, 0) is 0 Å². The summed E-state index contributed by atoms with van der Waals surface area (Å²) >= 11 is 0. The van der Waals surface area contributed by atoms with Crippen molar-refractivity contribution in [3.8, 4) is 0 Å². The van der Waals surface area contributed by atoms with Crippen LogP contribution in [-0.4, -0.2) is 20.3 Å². The number of aromatic nitrogens is 4. The molecule has 1 unspecified atom stereocenters. The Balaban J connectivity index is 1.57. The molecule has 0 aliphatic heterocycles. The summed E-state index contributed by atoms with van der Waals surface area (Å²) in [6, 6.07) is 9.90. The molecule has 0 spiro atoms. The minimum Gasteiger partial charge on any atom is -0.356 e. The van der Waals surface area contributed by atoms with E-state index in [0.717, 1.165) is 46.2 Å². The fourth-order valence-corrected chi connectivity index (χ4v) is 3.25. The van der Waals surface area contributed by atoms with E-state index in [2.05, 4.69) is 59.4 Å². The minimum atomic E-state index is 0.325. The molecule has 1 atom stereocenters. The summed E-state index contributed by atoms with van der Waals surface area (Å²) < 4.78 is 5.62. The van der Waals surface area contributed by atoms with E-state index in [-0.39, 0.29) is 0 Å². The lowest BCUT2D eigenvalue weighted by molar-refractivity contribution is 0.347. The predicted octanol–water partition coefficient (Wildman–Crippen LogP) is 5.77. The smallest absolute Gasteiger partial charge is 0.178 e. The Bertz CT molecular complexity index is 1070. The zero-order chi connectivity index (χ0) is 19.0. The first-order valence-electron chi connectivity index (χ1n) is 9.36. The van der Waals surface area contributed by atoms with Crippen LogP contribution in [0, 0.1) is 5.41 Å². The number of hydrogen-bond donors (Lipinski definition) is 2. The van der Waals surface area contributed by atoms with Gasteiger partial charge in [0.25, 0.3) is 0 Å². The average Bonchev–Trinajstić information content (AvgIpc) is 3.23. The molecule has 0 aliphatic carbocycles. The molecule has 0 bridgehead atoms. The summed E-state index contributed by atoms with van der Waals surface area (Å²) in [5.41, 5.74) is 4.75. The monoisotopic (exact) mass is 363 g/mol. The quantitative estimate of drug-likeness (QED) is 0.470. The van der Waals surface area contributed by atoms with Crippen molar-refractivity contribution >= 4 is 33.5 Å². The number of aromatic amines is 1. The molecule has 140 valence electrons. The van der Waals surface area contributed by atoms with E-state index in [9.17, 15) is 0 Å². The fourth-order valence-electron chi connectivity index (χ4n) is 3.25. The first kappa shape index (κ1) is 17.5. The second-order valence-electron chi connectivity index (χ2n) is 8.38. The molecule has 6 heteroatoms. The maximum Gasteiger partial charge on any atom is 0.178 e. The third-order valence-corrected chi connectivity index (χ3v) is 4.88. The minimum absolute atomic E-state index is 0.325. The van der Waals surface area contributed by atoms with Crippen LogP contribution in [0.3, 0.4) is 0 Å². The van der Waals surface area contributed by atoms with Gasteiger partial charge in [-0.05, 0) is 42.5 Å². The highest BCUT2D eigenvalue weighted by atomic mass is 16.5. The lowest BCUT2D eigenvalue weighted by atomic mass is 9.86. The van der Waals surface area contributed by atoms with Gasteiger partial charge in [0.15, 0.2) is 11.4 Å². The van der Waals surface area contributed by atoms with Gasteiger partial charge in [0.1, 0.15) is 5.52 Å². The van der Waals surface area contributed by atoms with Crippen LogP contribution in [0.2, 0.25) is 0 Å². The Labute approximate surface area is 158 Å². The number of nitrogens with zero attached hydrogens (tertiary/aromatic N) is 3. The number of H-pyrrole nitrogens is 1. The molecule has 0 fully saturated rings. The summed E-state index contributed by atoms with van der Waals surface area (Å²) in [5, 5.41) is 16.0. The molecule has 3 heterocycles. The van der Waals surface area contributed by atoms with Crippen LogP contribution in [0.15, 0.2) is 41.1 Å². The van der Waals surface area contributed by atoms with Gasteiger partial charge in [0.2, 0.25) is 0 Å². The number of fused-ring (bicyclic) bond motifs is 2. The third kappa shape index (κ3) is 3.65. The molecule has 4 aromatic rings. The summed E-state index contributed by atoms with van der Waals surface area (Å²) in [5.74, 6) is 1.06. The van der Waals surface area contributed by atoms with Crippen molar-refractivity contribution in [2.75, 3.05) is 5.32 Å². The largest absolute Gasteiger partial charge is 0.356 e. The highest BCUT2D eigenvalue weighted by Gasteiger charge is 2.19. The normalized spacial score (nSPS) is 13.3. The van der Waals surface area contributed by atoms with Gasteiger partial charge < -0.3 is 9.84 Å². The second-order valence-corrected chi connectivity index (χ2v) is 8.38. The van der Waals surface area contributed by atoms with Crippen molar-refractivity contribution < 1.29 is 4.52 Å². The Kier molecular flexibility index (Phi) is 4.34. The van der Waals surface area contributed by atoms with Crippen molar-refractivity contribution in [3.63, 3.8) is 0 Å². The fraction of sp³-hybridized carbons (Fsp3) is 0.381. The van der Waals surface area contributed by atoms with E-state index >= 15 is 0 Å². The van der Waals surface area contributed by atoms with E-state index in [0.29, 0.717) is 17.2 Å². The van der Waals surface area contributed by atoms with Gasteiger partial charge >= 0.3 is 0 Å². The number of nitrogens with one attached hydrogen (secondary N) is 2. The van der Waals surface area contributed by atoms with Crippen LogP contribution >= 0.6 is 0 Å². The highest BCUT2D eigenvalue weighted by molar-refractivity contribution is 5.89. The van der Waals surface area contributed by atoms with Crippen LogP contribution < -0.4 is 5.32 Å². The number of pyridine rings is 1. The summed E-state index contributed by atoms with van der Waals surface area (Å²) in [6.45, 7) is 9.03. The van der Waals surface area contributed by atoms with Crippen molar-refractivity contribution in [3.05, 3.63) is 42.2 Å². The van der Waals surface area contributed by atoms with E-state index in [1.54, 1.807) is 6.20 Å². The van der Waals surface area contributed by atoms with E-state index in [1.165, 1.54) is 0 Å². The maximum atomic E-state index is 5.62. The predicted molar refractivity (Wildman–Crippen MR) is 108 cm³/mol. The molecule has 27 heavy (non-hydrogen) atoms. The van der Waals surface area contributed by atoms with Gasteiger partial charge in [0.05, 0.1) is 11.2 Å². The van der Waals surface area contributed by atoms with Gasteiger partial charge in [-0.15, -0.1) is 0 Å². The van der Waals surface area contributed by atoms with Crippen LogP contribution in [0.4, 0.5) is 11.5 Å². The Morgan fingerprint density at radius 2 is 2.07 bits per heavy atom. The lowest BCUT2D eigenvalue weighted by Gasteiger charge is -2.20. The molecule has 4 rings (SSSR count). The maximum absolute atomic E-state index is 5.62. The molecule has 1 aromatic carbocycles. The van der Waals surface area contributed by atoms with Crippen LogP contribution in [0.1, 0.15) is 52.1 Å². The molecule has 6 nitrogen and oxygen atoms in total. The Morgan fingerprint density at radius 1 is 1.22 bits per heavy atom. The zero-order valence-corrected chi connectivity index (χ0v) is 16.2. The third-order valence-electron chi connectivity index (χ3n) is 4.88. The Morgan fingerprint density at radius 3 is 2.89 bits per heavy atom. The van der Waals surface area contributed by atoms with Crippen molar-refractivity contribution in [2.24, 2.45) is 5.41 Å². The summed E-state index contributed by atoms with van der Waals surface area (Å²) in [7, 11) is 0. The molecule has 0 saturated carbocycles. The van der Waals surface area contributed by atoms with Gasteiger partial charge in [-0.1, -0.05) is 32.9 Å². The van der Waals surface area contributed by atoms with Crippen LogP contribution in [0.25, 0.3) is 22.0 Å².